The third-order valence-corrected chi connectivity index (χ3v) is 8.98. The van der Waals surface area contributed by atoms with Crippen LogP contribution >= 0.6 is 23.2 Å². The number of ether oxygens (including phenoxy) is 2. The summed E-state index contributed by atoms with van der Waals surface area (Å²) >= 11 is 13.8. The molecule has 234 valence electrons. The summed E-state index contributed by atoms with van der Waals surface area (Å²) in [4.78, 5) is 42.4. The number of hydrogen-bond acceptors (Lipinski definition) is 9. The SMILES string of the molecule is COc1nc(-c2cccc(-c3cccc(NC(=O)c4nn(C)c(=O)n(C)c4=O)c3Cl)c2Cl)cc2c1C(NC1COCC1O)CC2. The molecule has 0 radical (unpaired) electrons. The summed E-state index contributed by atoms with van der Waals surface area (Å²) in [6.07, 6.45) is 1.05. The van der Waals surface area contributed by atoms with Crippen LogP contribution < -0.4 is 26.6 Å². The number of carbonyl (C=O) groups excluding carboxylic acids is 1. The normalized spacial score (nSPS) is 19.0. The Morgan fingerprint density at radius 3 is 2.49 bits per heavy atom. The number of benzene rings is 2. The third kappa shape index (κ3) is 5.64. The fourth-order valence-electron chi connectivity index (χ4n) is 5.82. The van der Waals surface area contributed by atoms with Crippen LogP contribution in [0, 0.1) is 0 Å². The largest absolute Gasteiger partial charge is 0.481 e. The molecule has 2 aromatic heterocycles. The van der Waals surface area contributed by atoms with Gasteiger partial charge in [-0.2, -0.15) is 5.10 Å². The quantitative estimate of drug-likeness (QED) is 0.274. The van der Waals surface area contributed by atoms with Crippen molar-refractivity contribution < 1.29 is 19.4 Å². The number of carbonyl (C=O) groups is 1. The Kier molecular flexibility index (Phi) is 8.51. The van der Waals surface area contributed by atoms with Crippen LogP contribution in [-0.4, -0.2) is 62.8 Å². The minimum absolute atomic E-state index is 0.0347. The maximum atomic E-state index is 13.0. The molecule has 1 aliphatic heterocycles. The van der Waals surface area contributed by atoms with Crippen molar-refractivity contribution in [2.45, 2.75) is 31.0 Å². The molecule has 12 nitrogen and oxygen atoms in total. The van der Waals surface area contributed by atoms with Crippen molar-refractivity contribution in [3.63, 3.8) is 0 Å². The molecule has 1 fully saturated rings. The van der Waals surface area contributed by atoms with E-state index in [1.807, 2.05) is 24.3 Å². The van der Waals surface area contributed by atoms with E-state index in [2.05, 4.69) is 15.7 Å². The summed E-state index contributed by atoms with van der Waals surface area (Å²) in [7, 11) is 4.19. The Morgan fingerprint density at radius 2 is 1.78 bits per heavy atom. The zero-order chi connectivity index (χ0) is 32.0. The molecular formula is C31H30Cl2N6O6. The fraction of sp³-hybridized carbons (Fsp3) is 0.323. The van der Waals surface area contributed by atoms with E-state index in [1.165, 1.54) is 14.1 Å². The van der Waals surface area contributed by atoms with Gasteiger partial charge in [0.05, 0.1) is 53.9 Å². The van der Waals surface area contributed by atoms with Crippen LogP contribution in [0.25, 0.3) is 22.4 Å². The minimum atomic E-state index is -0.830. The highest BCUT2D eigenvalue weighted by Crippen LogP contribution is 2.44. The van der Waals surface area contributed by atoms with Gasteiger partial charge in [-0.3, -0.25) is 14.2 Å². The number of rotatable bonds is 7. The van der Waals surface area contributed by atoms with Crippen molar-refractivity contribution in [1.82, 2.24) is 24.6 Å². The maximum Gasteiger partial charge on any atom is 0.346 e. The summed E-state index contributed by atoms with van der Waals surface area (Å²) in [6, 6.07) is 12.4. The van der Waals surface area contributed by atoms with E-state index in [1.54, 1.807) is 25.3 Å². The number of fused-ring (bicyclic) bond motifs is 1. The summed E-state index contributed by atoms with van der Waals surface area (Å²) in [6.45, 7) is 0.755. The molecule has 3 atom stereocenters. The van der Waals surface area contributed by atoms with Crippen molar-refractivity contribution in [2.75, 3.05) is 25.6 Å². The molecule has 4 aromatic rings. The lowest BCUT2D eigenvalue weighted by Crippen LogP contribution is -2.43. The Bertz CT molecular complexity index is 1940. The molecule has 1 aliphatic carbocycles. The molecule has 3 unspecified atom stereocenters. The van der Waals surface area contributed by atoms with E-state index < -0.39 is 29.0 Å². The zero-order valence-corrected chi connectivity index (χ0v) is 26.1. The standard InChI is InChI=1S/C31H30Cl2N6O6/c1-38-30(42)27(37-39(2)31(38)43)28(41)35-20-9-5-7-17(26(20)33)16-6-4-8-18(25(16)32)21-12-15-10-11-19(24(15)29(36-21)44-3)34-22-13-45-14-23(22)40/h4-9,12,19,22-23,34,40H,10-11,13-14H2,1-3H3,(H,35,41). The number of methoxy groups -OCH3 is 1. The first-order valence-electron chi connectivity index (χ1n) is 14.2. The molecule has 14 heteroatoms. The second kappa shape index (κ2) is 12.4. The highest BCUT2D eigenvalue weighted by atomic mass is 35.5. The number of amides is 1. The number of hydrogen-bond donors (Lipinski definition) is 3. The van der Waals surface area contributed by atoms with Crippen LogP contribution in [-0.2, 0) is 25.3 Å². The van der Waals surface area contributed by atoms with Gasteiger partial charge in [0, 0.05) is 42.4 Å². The van der Waals surface area contributed by atoms with Crippen molar-refractivity contribution in [3.05, 3.63) is 90.2 Å². The first-order valence-corrected chi connectivity index (χ1v) is 15.0. The van der Waals surface area contributed by atoms with Crippen LogP contribution in [0.2, 0.25) is 10.0 Å². The summed E-state index contributed by atoms with van der Waals surface area (Å²) < 4.78 is 12.9. The highest BCUT2D eigenvalue weighted by Gasteiger charge is 2.34. The van der Waals surface area contributed by atoms with Gasteiger partial charge in [-0.15, -0.1) is 0 Å². The average molecular weight is 654 g/mol. The molecule has 0 spiro atoms. The molecule has 1 amide bonds. The van der Waals surface area contributed by atoms with Crippen molar-refractivity contribution >= 4 is 34.8 Å². The number of nitrogens with one attached hydrogen (secondary N) is 2. The molecule has 3 N–H and O–H groups in total. The van der Waals surface area contributed by atoms with Crippen LogP contribution in [0.15, 0.2) is 52.1 Å². The minimum Gasteiger partial charge on any atom is -0.481 e. The van der Waals surface area contributed by atoms with Crippen LogP contribution in [0.5, 0.6) is 5.88 Å². The number of anilines is 1. The highest BCUT2D eigenvalue weighted by molar-refractivity contribution is 6.39. The fourth-order valence-corrected chi connectivity index (χ4v) is 6.42. The van der Waals surface area contributed by atoms with E-state index in [4.69, 9.17) is 37.7 Å². The lowest BCUT2D eigenvalue weighted by molar-refractivity contribution is 0.101. The lowest BCUT2D eigenvalue weighted by atomic mass is 9.99. The Hall–Kier alpha value is -4.07. The summed E-state index contributed by atoms with van der Waals surface area (Å²) in [5.41, 5.74) is 2.75. The Balaban J connectivity index is 1.32. The van der Waals surface area contributed by atoms with Crippen molar-refractivity contribution in [3.8, 4) is 28.3 Å². The second-order valence-electron chi connectivity index (χ2n) is 11.0. The predicted octanol–water partition coefficient (Wildman–Crippen LogP) is 3.11. The smallest absolute Gasteiger partial charge is 0.346 e. The number of halogens is 2. The van der Waals surface area contributed by atoms with Gasteiger partial charge in [0.1, 0.15) is 0 Å². The number of aliphatic hydroxyl groups is 1. The first-order chi connectivity index (χ1) is 21.6. The number of nitrogens with zero attached hydrogens (tertiary/aromatic N) is 4. The Morgan fingerprint density at radius 1 is 1.07 bits per heavy atom. The monoisotopic (exact) mass is 652 g/mol. The average Bonchev–Trinajstić information content (AvgIpc) is 3.64. The van der Waals surface area contributed by atoms with Gasteiger partial charge in [0.2, 0.25) is 11.6 Å². The summed E-state index contributed by atoms with van der Waals surface area (Å²) in [5, 5.41) is 20.8. The molecular weight excluding hydrogens is 623 g/mol. The molecule has 0 saturated carbocycles. The van der Waals surface area contributed by atoms with E-state index in [0.29, 0.717) is 46.5 Å². The van der Waals surface area contributed by atoms with Gasteiger partial charge in [-0.1, -0.05) is 53.5 Å². The molecule has 6 rings (SSSR count). The van der Waals surface area contributed by atoms with Crippen molar-refractivity contribution in [1.29, 1.82) is 0 Å². The number of aryl methyl sites for hydroxylation is 2. The van der Waals surface area contributed by atoms with Gasteiger partial charge in [0.25, 0.3) is 11.5 Å². The van der Waals surface area contributed by atoms with E-state index in [9.17, 15) is 19.5 Å². The second-order valence-corrected chi connectivity index (χ2v) is 11.7. The topological polar surface area (TPSA) is 150 Å². The van der Waals surface area contributed by atoms with Gasteiger partial charge in [-0.25, -0.2) is 14.5 Å². The van der Waals surface area contributed by atoms with E-state index in [0.717, 1.165) is 33.2 Å². The number of aromatic nitrogens is 4. The molecule has 3 heterocycles. The maximum absolute atomic E-state index is 13.0. The Labute approximate surface area is 267 Å². The van der Waals surface area contributed by atoms with E-state index in [-0.39, 0.29) is 22.8 Å². The third-order valence-electron chi connectivity index (χ3n) is 8.17. The van der Waals surface area contributed by atoms with Crippen LogP contribution in [0.4, 0.5) is 5.69 Å². The molecule has 1 saturated heterocycles. The van der Waals surface area contributed by atoms with E-state index >= 15 is 0 Å². The summed E-state index contributed by atoms with van der Waals surface area (Å²) in [5.74, 6) is -0.337. The van der Waals surface area contributed by atoms with Gasteiger partial charge in [0.15, 0.2) is 0 Å². The molecule has 45 heavy (non-hydrogen) atoms. The van der Waals surface area contributed by atoms with Crippen LogP contribution in [0.1, 0.15) is 34.1 Å². The predicted molar refractivity (Wildman–Crippen MR) is 169 cm³/mol. The zero-order valence-electron chi connectivity index (χ0n) is 24.6. The lowest BCUT2D eigenvalue weighted by Gasteiger charge is -2.22. The number of pyridine rings is 1. The van der Waals surface area contributed by atoms with Gasteiger partial charge in [-0.05, 0) is 30.5 Å². The number of aliphatic hydroxyl groups excluding tert-OH is 1. The first kappa shape index (κ1) is 30.9. The molecule has 0 bridgehead atoms. The van der Waals surface area contributed by atoms with Crippen LogP contribution in [0.3, 0.4) is 0 Å². The molecule has 2 aliphatic rings. The molecule has 2 aromatic carbocycles. The van der Waals surface area contributed by atoms with Crippen molar-refractivity contribution in [2.24, 2.45) is 14.1 Å². The van der Waals surface area contributed by atoms with Gasteiger partial charge >= 0.3 is 5.69 Å². The van der Waals surface area contributed by atoms with Gasteiger partial charge < -0.3 is 25.2 Å².